The van der Waals surface area contributed by atoms with Crippen molar-refractivity contribution in [1.29, 1.82) is 0 Å². The third-order valence-electron chi connectivity index (χ3n) is 3.31. The average Bonchev–Trinajstić information content (AvgIpc) is 2.95. The number of likely N-dealkylation sites (tertiary alicyclic amines) is 1. The van der Waals surface area contributed by atoms with E-state index in [1.807, 2.05) is 6.07 Å². The van der Waals surface area contributed by atoms with Gasteiger partial charge >= 0.3 is 5.97 Å². The predicted molar refractivity (Wildman–Crippen MR) is 70.8 cm³/mol. The monoisotopic (exact) mass is 279 g/mol. The zero-order valence-electron chi connectivity index (χ0n) is 11.2. The molecule has 0 aliphatic carbocycles. The summed E-state index contributed by atoms with van der Waals surface area (Å²) < 4.78 is 10.6. The molecule has 6 heteroatoms. The van der Waals surface area contributed by atoms with Gasteiger partial charge in [-0.15, -0.1) is 0 Å². The Kier molecular flexibility index (Phi) is 4.45. The largest absolute Gasteiger partial charge is 0.493 e. The molecular formula is C14H17NO5. The quantitative estimate of drug-likeness (QED) is 0.870. The van der Waals surface area contributed by atoms with Crippen molar-refractivity contribution in [2.24, 2.45) is 5.92 Å². The number of rotatable bonds is 5. The minimum absolute atomic E-state index is 0.118. The van der Waals surface area contributed by atoms with Gasteiger partial charge in [0, 0.05) is 13.1 Å². The number of benzene rings is 1. The summed E-state index contributed by atoms with van der Waals surface area (Å²) >= 11 is 0. The summed E-state index contributed by atoms with van der Waals surface area (Å²) in [6.45, 7) is 0.598. The van der Waals surface area contributed by atoms with E-state index in [1.54, 1.807) is 18.2 Å². The van der Waals surface area contributed by atoms with Crippen molar-refractivity contribution in [2.75, 3.05) is 26.8 Å². The Hall–Kier alpha value is -2.24. The van der Waals surface area contributed by atoms with E-state index in [-0.39, 0.29) is 19.1 Å². The molecule has 0 unspecified atom stereocenters. The van der Waals surface area contributed by atoms with Gasteiger partial charge in [0.1, 0.15) is 0 Å². The number of hydrogen-bond acceptors (Lipinski definition) is 4. The lowest BCUT2D eigenvalue weighted by Crippen LogP contribution is -2.33. The number of hydrogen-bond donors (Lipinski definition) is 1. The number of carboxylic acid groups (broad SMARTS) is 1. The number of para-hydroxylation sites is 2. The summed E-state index contributed by atoms with van der Waals surface area (Å²) in [6, 6.07) is 7.07. The van der Waals surface area contributed by atoms with Gasteiger partial charge in [0.15, 0.2) is 18.1 Å². The first-order chi connectivity index (χ1) is 9.61. The minimum Gasteiger partial charge on any atom is -0.493 e. The van der Waals surface area contributed by atoms with Crippen LogP contribution in [-0.2, 0) is 9.59 Å². The summed E-state index contributed by atoms with van der Waals surface area (Å²) in [6.07, 6.45) is 0.496. The summed E-state index contributed by atoms with van der Waals surface area (Å²) in [7, 11) is 1.53. The van der Waals surface area contributed by atoms with E-state index in [1.165, 1.54) is 12.0 Å². The van der Waals surface area contributed by atoms with Crippen molar-refractivity contribution in [3.05, 3.63) is 24.3 Å². The van der Waals surface area contributed by atoms with Gasteiger partial charge in [-0.05, 0) is 18.6 Å². The van der Waals surface area contributed by atoms with Crippen LogP contribution in [0.1, 0.15) is 6.42 Å². The van der Waals surface area contributed by atoms with Crippen LogP contribution in [0.15, 0.2) is 24.3 Å². The minimum atomic E-state index is -0.856. The van der Waals surface area contributed by atoms with Crippen molar-refractivity contribution >= 4 is 11.9 Å². The van der Waals surface area contributed by atoms with Crippen LogP contribution in [0.25, 0.3) is 0 Å². The molecule has 0 spiro atoms. The second kappa shape index (κ2) is 6.27. The predicted octanol–water partition coefficient (Wildman–Crippen LogP) is 1.01. The molecule has 6 nitrogen and oxygen atoms in total. The molecule has 1 heterocycles. The highest BCUT2D eigenvalue weighted by molar-refractivity contribution is 5.80. The van der Waals surface area contributed by atoms with E-state index in [2.05, 4.69) is 0 Å². The van der Waals surface area contributed by atoms with Crippen LogP contribution in [0, 0.1) is 5.92 Å². The van der Waals surface area contributed by atoms with Crippen LogP contribution < -0.4 is 9.47 Å². The zero-order valence-corrected chi connectivity index (χ0v) is 11.2. The van der Waals surface area contributed by atoms with Gasteiger partial charge in [-0.1, -0.05) is 12.1 Å². The highest BCUT2D eigenvalue weighted by Crippen LogP contribution is 2.26. The topological polar surface area (TPSA) is 76.1 Å². The molecule has 20 heavy (non-hydrogen) atoms. The van der Waals surface area contributed by atoms with Crippen molar-refractivity contribution in [1.82, 2.24) is 4.90 Å². The Morgan fingerprint density at radius 3 is 2.65 bits per heavy atom. The summed E-state index contributed by atoms with van der Waals surface area (Å²) in [5.41, 5.74) is 0. The number of amides is 1. The molecule has 1 aliphatic rings. The Bertz CT molecular complexity index is 502. The Morgan fingerprint density at radius 2 is 2.05 bits per heavy atom. The lowest BCUT2D eigenvalue weighted by molar-refractivity contribution is -0.141. The zero-order chi connectivity index (χ0) is 14.5. The fraction of sp³-hybridized carbons (Fsp3) is 0.429. The van der Waals surface area contributed by atoms with Crippen LogP contribution >= 0.6 is 0 Å². The van der Waals surface area contributed by atoms with Crippen LogP contribution in [0.4, 0.5) is 0 Å². The maximum absolute atomic E-state index is 12.0. The first-order valence-corrected chi connectivity index (χ1v) is 6.38. The molecule has 0 bridgehead atoms. The second-order valence-electron chi connectivity index (χ2n) is 4.60. The number of ether oxygens (including phenoxy) is 2. The van der Waals surface area contributed by atoms with Crippen LogP contribution in [0.2, 0.25) is 0 Å². The standard InChI is InChI=1S/C14H17NO5/c1-19-11-4-2-3-5-12(11)20-9-13(16)15-7-6-10(8-15)14(17)18/h2-5,10H,6-9H2,1H3,(H,17,18)/t10-/m0/s1. The smallest absolute Gasteiger partial charge is 0.308 e. The molecule has 1 amide bonds. The van der Waals surface area contributed by atoms with Gasteiger partial charge in [0.2, 0.25) is 0 Å². The molecule has 108 valence electrons. The fourth-order valence-electron chi connectivity index (χ4n) is 2.16. The maximum atomic E-state index is 12.0. The lowest BCUT2D eigenvalue weighted by atomic mass is 10.1. The third-order valence-corrected chi connectivity index (χ3v) is 3.31. The van der Waals surface area contributed by atoms with Crippen molar-refractivity contribution in [3.8, 4) is 11.5 Å². The molecule has 1 atom stereocenters. The number of aliphatic carboxylic acids is 1. The van der Waals surface area contributed by atoms with E-state index in [9.17, 15) is 9.59 Å². The van der Waals surface area contributed by atoms with E-state index in [0.29, 0.717) is 24.5 Å². The van der Waals surface area contributed by atoms with Gasteiger partial charge in [-0.3, -0.25) is 9.59 Å². The van der Waals surface area contributed by atoms with Crippen molar-refractivity contribution < 1.29 is 24.2 Å². The molecule has 0 radical (unpaired) electrons. The maximum Gasteiger partial charge on any atom is 0.308 e. The van der Waals surface area contributed by atoms with Crippen molar-refractivity contribution in [3.63, 3.8) is 0 Å². The first-order valence-electron chi connectivity index (χ1n) is 6.38. The second-order valence-corrected chi connectivity index (χ2v) is 4.60. The molecule has 1 aromatic carbocycles. The van der Waals surface area contributed by atoms with E-state index < -0.39 is 11.9 Å². The number of carbonyl (C=O) groups is 2. The number of nitrogens with zero attached hydrogens (tertiary/aromatic N) is 1. The van der Waals surface area contributed by atoms with Crippen molar-refractivity contribution in [2.45, 2.75) is 6.42 Å². The molecule has 2 rings (SSSR count). The summed E-state index contributed by atoms with van der Waals surface area (Å²) in [4.78, 5) is 24.3. The van der Waals surface area contributed by atoms with E-state index >= 15 is 0 Å². The Morgan fingerprint density at radius 1 is 1.35 bits per heavy atom. The third kappa shape index (κ3) is 3.20. The lowest BCUT2D eigenvalue weighted by Gasteiger charge is -2.16. The molecule has 1 saturated heterocycles. The van der Waals surface area contributed by atoms with Crippen LogP contribution in [-0.4, -0.2) is 48.7 Å². The average molecular weight is 279 g/mol. The van der Waals surface area contributed by atoms with Crippen LogP contribution in [0.3, 0.4) is 0 Å². The molecule has 0 aromatic heterocycles. The number of carbonyl (C=O) groups excluding carboxylic acids is 1. The van der Waals surface area contributed by atoms with Gasteiger partial charge < -0.3 is 19.5 Å². The molecule has 1 N–H and O–H groups in total. The molecule has 1 fully saturated rings. The summed E-state index contributed by atoms with van der Waals surface area (Å²) in [5, 5.41) is 8.90. The SMILES string of the molecule is COc1ccccc1OCC(=O)N1CC[C@H](C(=O)O)C1. The normalized spacial score (nSPS) is 17.9. The number of carboxylic acids is 1. The molecule has 1 aliphatic heterocycles. The van der Waals surface area contributed by atoms with Gasteiger partial charge in [0.25, 0.3) is 5.91 Å². The molecular weight excluding hydrogens is 262 g/mol. The number of methoxy groups -OCH3 is 1. The van der Waals surface area contributed by atoms with E-state index in [0.717, 1.165) is 0 Å². The van der Waals surface area contributed by atoms with E-state index in [4.69, 9.17) is 14.6 Å². The Balaban J connectivity index is 1.88. The first kappa shape index (κ1) is 14.2. The highest BCUT2D eigenvalue weighted by atomic mass is 16.5. The summed E-state index contributed by atoms with van der Waals surface area (Å²) in [5.74, 6) is -0.474. The van der Waals surface area contributed by atoms with Crippen LogP contribution in [0.5, 0.6) is 11.5 Å². The highest BCUT2D eigenvalue weighted by Gasteiger charge is 2.30. The van der Waals surface area contributed by atoms with Gasteiger partial charge in [-0.25, -0.2) is 0 Å². The molecule has 0 saturated carbocycles. The molecule has 1 aromatic rings. The van der Waals surface area contributed by atoms with Gasteiger partial charge in [-0.2, -0.15) is 0 Å². The fourth-order valence-corrected chi connectivity index (χ4v) is 2.16. The Labute approximate surface area is 116 Å². The van der Waals surface area contributed by atoms with Gasteiger partial charge in [0.05, 0.1) is 13.0 Å².